The van der Waals surface area contributed by atoms with Crippen molar-refractivity contribution >= 4 is 11.0 Å². The molecule has 1 N–H and O–H groups in total. The van der Waals surface area contributed by atoms with Crippen LogP contribution in [0, 0.1) is 13.8 Å². The van der Waals surface area contributed by atoms with E-state index in [1.54, 1.807) is 13.0 Å². The lowest BCUT2D eigenvalue weighted by Gasteiger charge is -2.05. The van der Waals surface area contributed by atoms with Gasteiger partial charge in [-0.1, -0.05) is 19.1 Å². The Bertz CT molecular complexity index is 1010. The lowest BCUT2D eigenvalue weighted by Crippen LogP contribution is -2.05. The molecule has 0 radical (unpaired) electrons. The van der Waals surface area contributed by atoms with Gasteiger partial charge in [-0.05, 0) is 51.0 Å². The summed E-state index contributed by atoms with van der Waals surface area (Å²) in [6.45, 7) is 5.91. The van der Waals surface area contributed by atoms with Gasteiger partial charge in [0.2, 0.25) is 0 Å². The molecule has 0 aliphatic carbocycles. The second-order valence-electron chi connectivity index (χ2n) is 6.14. The van der Waals surface area contributed by atoms with E-state index < -0.39 is 5.63 Å². The Balaban J connectivity index is 1.88. The van der Waals surface area contributed by atoms with Crippen LogP contribution in [0.3, 0.4) is 0 Å². The summed E-state index contributed by atoms with van der Waals surface area (Å²) in [5, 5.41) is 10.9. The van der Waals surface area contributed by atoms with Gasteiger partial charge in [-0.15, -0.1) is 0 Å². The van der Waals surface area contributed by atoms with Crippen LogP contribution in [0.4, 0.5) is 0 Å². The summed E-state index contributed by atoms with van der Waals surface area (Å²) in [7, 11) is 0. The van der Waals surface area contributed by atoms with Crippen molar-refractivity contribution in [3.05, 3.63) is 58.0 Å². The fourth-order valence-corrected chi connectivity index (χ4v) is 2.72. The van der Waals surface area contributed by atoms with E-state index in [1.165, 1.54) is 6.92 Å². The maximum Gasteiger partial charge on any atom is 0.343 e. The Labute approximate surface area is 151 Å². The van der Waals surface area contributed by atoms with Crippen LogP contribution < -0.4 is 10.4 Å². The highest BCUT2D eigenvalue weighted by molar-refractivity contribution is 5.83. The lowest BCUT2D eigenvalue weighted by molar-refractivity contribution is 0.325. The number of hydrogen-bond acceptors (Lipinski definition) is 5. The molecule has 0 saturated carbocycles. The summed E-state index contributed by atoms with van der Waals surface area (Å²) in [6.07, 6.45) is 6.09. The number of hydrogen-bond donors (Lipinski definition) is 1. The molecule has 1 aromatic carbocycles. The highest BCUT2D eigenvalue weighted by Crippen LogP contribution is 2.34. The second-order valence-corrected chi connectivity index (χ2v) is 6.14. The van der Waals surface area contributed by atoms with Crippen LogP contribution in [0.25, 0.3) is 22.5 Å². The van der Waals surface area contributed by atoms with Gasteiger partial charge >= 0.3 is 5.63 Å². The molecule has 26 heavy (non-hydrogen) atoms. The largest absolute Gasteiger partial charge is 0.507 e. The number of aromatic hydroxyl groups is 1. The Kier molecular flexibility index (Phi) is 5.16. The van der Waals surface area contributed by atoms with Crippen LogP contribution in [0.1, 0.15) is 30.9 Å². The zero-order valence-corrected chi connectivity index (χ0v) is 15.2. The average Bonchev–Trinajstić information content (AvgIpc) is 3.05. The summed E-state index contributed by atoms with van der Waals surface area (Å²) in [6, 6.07) is 7.32. The van der Waals surface area contributed by atoms with E-state index in [-0.39, 0.29) is 17.1 Å². The standard InChI is InChI=1S/C21H22O5/c1-4-5-6-7-10-24-16-8-9-17-15(11-16)12-18(25-17)20-13(2)19(22)14(3)21(23)26-20/h5-6,8-9,11-12,22H,4,7,10H2,1-3H3/b6-5+. The number of benzene rings is 1. The highest BCUT2D eigenvalue weighted by atomic mass is 16.5. The summed E-state index contributed by atoms with van der Waals surface area (Å²) in [5.74, 6) is 1.31. The van der Waals surface area contributed by atoms with Crippen LogP contribution in [0.15, 0.2) is 50.0 Å². The average molecular weight is 354 g/mol. The Hall–Kier alpha value is -2.95. The molecule has 5 nitrogen and oxygen atoms in total. The van der Waals surface area contributed by atoms with Gasteiger partial charge in [-0.25, -0.2) is 4.79 Å². The van der Waals surface area contributed by atoms with Crippen molar-refractivity contribution in [3.8, 4) is 23.0 Å². The summed E-state index contributed by atoms with van der Waals surface area (Å²) < 4.78 is 16.9. The zero-order valence-electron chi connectivity index (χ0n) is 15.2. The van der Waals surface area contributed by atoms with E-state index in [4.69, 9.17) is 13.6 Å². The fraction of sp³-hybridized carbons (Fsp3) is 0.286. The maximum atomic E-state index is 11.9. The van der Waals surface area contributed by atoms with Gasteiger partial charge in [0.1, 0.15) is 17.1 Å². The van der Waals surface area contributed by atoms with Crippen molar-refractivity contribution in [3.63, 3.8) is 0 Å². The van der Waals surface area contributed by atoms with Gasteiger partial charge in [-0.2, -0.15) is 0 Å². The number of rotatable bonds is 6. The van der Waals surface area contributed by atoms with Gasteiger partial charge in [0, 0.05) is 10.9 Å². The van der Waals surface area contributed by atoms with Crippen molar-refractivity contribution < 1.29 is 18.7 Å². The van der Waals surface area contributed by atoms with Crippen molar-refractivity contribution in [2.45, 2.75) is 33.6 Å². The second kappa shape index (κ2) is 7.52. The number of fused-ring (bicyclic) bond motifs is 1. The summed E-state index contributed by atoms with van der Waals surface area (Å²) in [5.41, 5.74) is 0.739. The number of ether oxygens (including phenoxy) is 1. The third kappa shape index (κ3) is 3.52. The summed E-state index contributed by atoms with van der Waals surface area (Å²) >= 11 is 0. The van der Waals surface area contributed by atoms with Crippen molar-refractivity contribution in [1.29, 1.82) is 0 Å². The molecule has 0 unspecified atom stereocenters. The predicted molar refractivity (Wildman–Crippen MR) is 101 cm³/mol. The van der Waals surface area contributed by atoms with E-state index in [1.807, 2.05) is 18.2 Å². The smallest absolute Gasteiger partial charge is 0.343 e. The van der Waals surface area contributed by atoms with Crippen LogP contribution >= 0.6 is 0 Å². The predicted octanol–water partition coefficient (Wildman–Crippen LogP) is 5.11. The molecule has 0 amide bonds. The van der Waals surface area contributed by atoms with Crippen molar-refractivity contribution in [1.82, 2.24) is 0 Å². The van der Waals surface area contributed by atoms with E-state index in [0.29, 0.717) is 23.5 Å². The fourth-order valence-electron chi connectivity index (χ4n) is 2.72. The molecular formula is C21H22O5. The number of allylic oxidation sites excluding steroid dienone is 1. The molecule has 136 valence electrons. The van der Waals surface area contributed by atoms with E-state index in [9.17, 15) is 9.90 Å². The van der Waals surface area contributed by atoms with Gasteiger partial charge in [0.15, 0.2) is 11.5 Å². The normalized spacial score (nSPS) is 11.5. The van der Waals surface area contributed by atoms with Gasteiger partial charge in [0.25, 0.3) is 0 Å². The first kappa shape index (κ1) is 17.9. The molecule has 0 saturated heterocycles. The number of furan rings is 1. The topological polar surface area (TPSA) is 72.8 Å². The minimum atomic E-state index is -0.576. The molecule has 3 aromatic rings. The molecule has 2 heterocycles. The molecule has 0 aliphatic rings. The third-order valence-electron chi connectivity index (χ3n) is 4.22. The third-order valence-corrected chi connectivity index (χ3v) is 4.22. The first-order valence-electron chi connectivity index (χ1n) is 8.66. The molecule has 3 rings (SSSR count). The Morgan fingerprint density at radius 1 is 1.12 bits per heavy atom. The molecule has 0 aliphatic heterocycles. The van der Waals surface area contributed by atoms with E-state index >= 15 is 0 Å². The quantitative estimate of drug-likeness (QED) is 0.492. The molecular weight excluding hydrogens is 332 g/mol. The van der Waals surface area contributed by atoms with E-state index in [2.05, 4.69) is 19.1 Å². The first-order valence-corrected chi connectivity index (χ1v) is 8.66. The monoisotopic (exact) mass is 354 g/mol. The van der Waals surface area contributed by atoms with Crippen LogP contribution in [-0.4, -0.2) is 11.7 Å². The summed E-state index contributed by atoms with van der Waals surface area (Å²) in [4.78, 5) is 11.9. The molecule has 0 spiro atoms. The molecule has 2 aromatic heterocycles. The van der Waals surface area contributed by atoms with Crippen LogP contribution in [0.5, 0.6) is 11.5 Å². The molecule has 0 atom stereocenters. The van der Waals surface area contributed by atoms with E-state index in [0.717, 1.165) is 24.0 Å². The first-order chi connectivity index (χ1) is 12.5. The maximum absolute atomic E-state index is 11.9. The van der Waals surface area contributed by atoms with Gasteiger partial charge in [0.05, 0.1) is 12.2 Å². The Morgan fingerprint density at radius 3 is 2.69 bits per heavy atom. The van der Waals surface area contributed by atoms with Gasteiger partial charge < -0.3 is 18.7 Å². The van der Waals surface area contributed by atoms with Crippen LogP contribution in [-0.2, 0) is 0 Å². The molecule has 0 bridgehead atoms. The Morgan fingerprint density at radius 2 is 1.92 bits per heavy atom. The van der Waals surface area contributed by atoms with Crippen LogP contribution in [0.2, 0.25) is 0 Å². The van der Waals surface area contributed by atoms with Gasteiger partial charge in [-0.3, -0.25) is 0 Å². The minimum Gasteiger partial charge on any atom is -0.507 e. The lowest BCUT2D eigenvalue weighted by atomic mass is 10.1. The molecule has 0 fully saturated rings. The van der Waals surface area contributed by atoms with Crippen molar-refractivity contribution in [2.75, 3.05) is 6.61 Å². The minimum absolute atomic E-state index is 0.0686. The van der Waals surface area contributed by atoms with Crippen molar-refractivity contribution in [2.24, 2.45) is 0 Å². The molecule has 5 heteroatoms. The highest BCUT2D eigenvalue weighted by Gasteiger charge is 2.18. The zero-order chi connectivity index (χ0) is 18.7. The SMILES string of the molecule is CC/C=C/CCOc1ccc2oc(-c3oc(=O)c(C)c(O)c3C)cc2c1.